The van der Waals surface area contributed by atoms with Crippen molar-refractivity contribution >= 4 is 0 Å². The summed E-state index contributed by atoms with van der Waals surface area (Å²) in [5.41, 5.74) is 2.40. The Morgan fingerprint density at radius 2 is 2.15 bits per heavy atom. The number of benzene rings is 1. The second-order valence-corrected chi connectivity index (χ2v) is 5.72. The van der Waals surface area contributed by atoms with E-state index in [0.29, 0.717) is 6.61 Å². The molecular weight excluding hydrogens is 254 g/mol. The molecule has 1 heterocycles. The van der Waals surface area contributed by atoms with Gasteiger partial charge in [-0.2, -0.15) is 0 Å². The number of piperidine rings is 1. The first-order valence-corrected chi connectivity index (χ1v) is 7.31. The molecule has 0 bridgehead atoms. The fourth-order valence-corrected chi connectivity index (χ4v) is 2.72. The fourth-order valence-electron chi connectivity index (χ4n) is 2.72. The lowest BCUT2D eigenvalue weighted by Gasteiger charge is -2.35. The van der Waals surface area contributed by atoms with Gasteiger partial charge in [-0.1, -0.05) is 17.7 Å². The highest BCUT2D eigenvalue weighted by Gasteiger charge is 2.26. The van der Waals surface area contributed by atoms with Crippen LogP contribution < -0.4 is 4.74 Å². The molecule has 1 aliphatic heterocycles. The average molecular weight is 279 g/mol. The van der Waals surface area contributed by atoms with Gasteiger partial charge >= 0.3 is 0 Å². The van der Waals surface area contributed by atoms with Crippen LogP contribution in [0, 0.1) is 19.8 Å². The van der Waals surface area contributed by atoms with Crippen LogP contribution in [0.1, 0.15) is 17.5 Å². The number of ether oxygens (including phenoxy) is 1. The first kappa shape index (κ1) is 15.3. The van der Waals surface area contributed by atoms with Crippen molar-refractivity contribution in [1.29, 1.82) is 0 Å². The molecule has 1 aliphatic rings. The van der Waals surface area contributed by atoms with Gasteiger partial charge in [0.2, 0.25) is 0 Å². The molecule has 112 valence electrons. The molecule has 1 fully saturated rings. The van der Waals surface area contributed by atoms with Crippen LogP contribution in [0.3, 0.4) is 0 Å². The number of aliphatic hydroxyl groups is 2. The molecule has 0 aromatic heterocycles. The Balaban J connectivity index is 1.78. The van der Waals surface area contributed by atoms with E-state index in [1.165, 1.54) is 5.56 Å². The van der Waals surface area contributed by atoms with Crippen LogP contribution in [0.4, 0.5) is 0 Å². The molecule has 0 unspecified atom stereocenters. The number of aliphatic hydroxyl groups excluding tert-OH is 2. The molecular formula is C16H25NO3. The standard InChI is InChI=1S/C16H25NO3/c1-12-3-4-16(13(2)9-12)20-8-7-17-6-5-15(19)14(10-17)11-18/h3-4,9,14-15,18-19H,5-8,10-11H2,1-2H3/t14-,15-/m1/s1. The summed E-state index contributed by atoms with van der Waals surface area (Å²) >= 11 is 0. The van der Waals surface area contributed by atoms with Gasteiger partial charge < -0.3 is 14.9 Å². The molecule has 4 heteroatoms. The van der Waals surface area contributed by atoms with E-state index < -0.39 is 0 Å². The summed E-state index contributed by atoms with van der Waals surface area (Å²) in [6.07, 6.45) is 0.367. The van der Waals surface area contributed by atoms with Crippen molar-refractivity contribution in [2.24, 2.45) is 5.92 Å². The maximum absolute atomic E-state index is 9.73. The van der Waals surface area contributed by atoms with Crippen LogP contribution in [0.25, 0.3) is 0 Å². The molecule has 2 atom stereocenters. The van der Waals surface area contributed by atoms with Gasteiger partial charge in [-0.25, -0.2) is 0 Å². The summed E-state index contributed by atoms with van der Waals surface area (Å²) in [5, 5.41) is 19.0. The Morgan fingerprint density at radius 1 is 1.35 bits per heavy atom. The van der Waals surface area contributed by atoms with Crippen molar-refractivity contribution in [3.8, 4) is 5.75 Å². The number of rotatable bonds is 5. The predicted molar refractivity (Wildman–Crippen MR) is 79.1 cm³/mol. The normalized spacial score (nSPS) is 23.8. The van der Waals surface area contributed by atoms with Crippen molar-refractivity contribution in [2.75, 3.05) is 32.8 Å². The molecule has 0 radical (unpaired) electrons. The van der Waals surface area contributed by atoms with Crippen LogP contribution >= 0.6 is 0 Å². The second-order valence-electron chi connectivity index (χ2n) is 5.72. The summed E-state index contributed by atoms with van der Waals surface area (Å²) in [7, 11) is 0. The van der Waals surface area contributed by atoms with Gasteiger partial charge in [0, 0.05) is 32.2 Å². The molecule has 1 aromatic rings. The van der Waals surface area contributed by atoms with Gasteiger partial charge in [0.05, 0.1) is 6.10 Å². The van der Waals surface area contributed by atoms with E-state index in [9.17, 15) is 10.2 Å². The van der Waals surface area contributed by atoms with Gasteiger partial charge in [0.1, 0.15) is 12.4 Å². The zero-order chi connectivity index (χ0) is 14.5. The van der Waals surface area contributed by atoms with E-state index in [4.69, 9.17) is 4.74 Å². The Morgan fingerprint density at radius 3 is 2.85 bits per heavy atom. The van der Waals surface area contributed by atoms with Crippen molar-refractivity contribution in [3.05, 3.63) is 29.3 Å². The van der Waals surface area contributed by atoms with Crippen LogP contribution in [0.5, 0.6) is 5.75 Å². The molecule has 1 aromatic carbocycles. The Bertz CT molecular complexity index is 436. The quantitative estimate of drug-likeness (QED) is 0.854. The summed E-state index contributed by atoms with van der Waals surface area (Å²) in [4.78, 5) is 2.25. The molecule has 0 amide bonds. The van der Waals surface area contributed by atoms with Crippen molar-refractivity contribution < 1.29 is 14.9 Å². The Hall–Kier alpha value is -1.10. The largest absolute Gasteiger partial charge is 0.492 e. The highest BCUT2D eigenvalue weighted by molar-refractivity contribution is 5.35. The molecule has 4 nitrogen and oxygen atoms in total. The minimum Gasteiger partial charge on any atom is -0.492 e. The number of likely N-dealkylation sites (tertiary alicyclic amines) is 1. The topological polar surface area (TPSA) is 52.9 Å². The molecule has 20 heavy (non-hydrogen) atoms. The third-order valence-electron chi connectivity index (χ3n) is 4.01. The summed E-state index contributed by atoms with van der Waals surface area (Å²) in [5.74, 6) is 0.913. The first-order valence-electron chi connectivity index (χ1n) is 7.31. The van der Waals surface area contributed by atoms with Crippen LogP contribution in [0.2, 0.25) is 0 Å². The Labute approximate surface area is 121 Å². The highest BCUT2D eigenvalue weighted by Crippen LogP contribution is 2.19. The summed E-state index contributed by atoms with van der Waals surface area (Å²) < 4.78 is 5.82. The SMILES string of the molecule is Cc1ccc(OCCN2CC[C@@H](O)[C@@H](CO)C2)c(C)c1. The van der Waals surface area contributed by atoms with Crippen molar-refractivity contribution in [1.82, 2.24) is 4.90 Å². The van der Waals surface area contributed by atoms with E-state index in [2.05, 4.69) is 30.9 Å². The average Bonchev–Trinajstić information content (AvgIpc) is 2.43. The minimum atomic E-state index is -0.364. The lowest BCUT2D eigenvalue weighted by atomic mass is 9.96. The third-order valence-corrected chi connectivity index (χ3v) is 4.01. The zero-order valence-corrected chi connectivity index (χ0v) is 12.4. The zero-order valence-electron chi connectivity index (χ0n) is 12.4. The summed E-state index contributed by atoms with van der Waals surface area (Å²) in [6.45, 7) is 7.26. The molecule has 0 spiro atoms. The van der Waals surface area contributed by atoms with E-state index in [-0.39, 0.29) is 18.6 Å². The molecule has 2 N–H and O–H groups in total. The maximum atomic E-state index is 9.73. The second kappa shape index (κ2) is 7.07. The van der Waals surface area contributed by atoms with Crippen molar-refractivity contribution in [3.63, 3.8) is 0 Å². The van der Waals surface area contributed by atoms with E-state index in [1.54, 1.807) is 0 Å². The van der Waals surface area contributed by atoms with E-state index in [0.717, 1.165) is 37.4 Å². The smallest absolute Gasteiger partial charge is 0.122 e. The Kier molecular flexibility index (Phi) is 5.40. The monoisotopic (exact) mass is 279 g/mol. The van der Waals surface area contributed by atoms with Gasteiger partial charge in [0.25, 0.3) is 0 Å². The van der Waals surface area contributed by atoms with Crippen LogP contribution in [0.15, 0.2) is 18.2 Å². The van der Waals surface area contributed by atoms with Gasteiger partial charge in [-0.05, 0) is 31.9 Å². The number of hydrogen-bond acceptors (Lipinski definition) is 4. The van der Waals surface area contributed by atoms with Gasteiger partial charge in [-0.15, -0.1) is 0 Å². The molecule has 1 saturated heterocycles. The number of nitrogens with zero attached hydrogens (tertiary/aromatic N) is 1. The predicted octanol–water partition coefficient (Wildman–Crippen LogP) is 1.36. The number of hydrogen-bond donors (Lipinski definition) is 2. The van der Waals surface area contributed by atoms with E-state index in [1.807, 2.05) is 6.07 Å². The third kappa shape index (κ3) is 3.95. The number of aryl methyl sites for hydroxylation is 2. The molecule has 2 rings (SSSR count). The molecule has 0 saturated carbocycles. The summed E-state index contributed by atoms with van der Waals surface area (Å²) in [6, 6.07) is 6.19. The van der Waals surface area contributed by atoms with Gasteiger partial charge in [-0.3, -0.25) is 4.90 Å². The highest BCUT2D eigenvalue weighted by atomic mass is 16.5. The molecule has 0 aliphatic carbocycles. The van der Waals surface area contributed by atoms with Crippen molar-refractivity contribution in [2.45, 2.75) is 26.4 Å². The fraction of sp³-hybridized carbons (Fsp3) is 0.625. The lowest BCUT2D eigenvalue weighted by molar-refractivity contribution is -0.00258. The first-order chi connectivity index (χ1) is 9.60. The van der Waals surface area contributed by atoms with E-state index >= 15 is 0 Å². The van der Waals surface area contributed by atoms with Crippen LogP contribution in [-0.4, -0.2) is 54.1 Å². The maximum Gasteiger partial charge on any atom is 0.122 e. The minimum absolute atomic E-state index is 0.0233. The van der Waals surface area contributed by atoms with Gasteiger partial charge in [0.15, 0.2) is 0 Å². The lowest BCUT2D eigenvalue weighted by Crippen LogP contribution is -2.45. The van der Waals surface area contributed by atoms with Crippen LogP contribution in [-0.2, 0) is 0 Å².